The van der Waals surface area contributed by atoms with Gasteiger partial charge in [-0.15, -0.1) is 0 Å². The van der Waals surface area contributed by atoms with Gasteiger partial charge in [-0.3, -0.25) is 0 Å². The zero-order valence-electron chi connectivity index (χ0n) is 11.2. The largest absolute Gasteiger partial charge is 0.314 e. The standard InChI is InChI=1S/C15H24N2S/c1-11-9-18-10-12(11)8-17-15-5-2-4-13(15)14-6-3-7-16-14/h9-10,13-17H,2-8H2,1H3. The number of aryl methyl sites for hydroxylation is 1. The van der Waals surface area contributed by atoms with Crippen molar-refractivity contribution in [2.75, 3.05) is 6.54 Å². The summed E-state index contributed by atoms with van der Waals surface area (Å²) in [6.07, 6.45) is 6.95. The molecule has 1 aliphatic heterocycles. The van der Waals surface area contributed by atoms with Crippen molar-refractivity contribution in [2.24, 2.45) is 5.92 Å². The van der Waals surface area contributed by atoms with E-state index >= 15 is 0 Å². The average Bonchev–Trinajstić information content (AvgIpc) is 3.07. The van der Waals surface area contributed by atoms with E-state index in [4.69, 9.17) is 0 Å². The molecular weight excluding hydrogens is 240 g/mol. The molecule has 2 aliphatic rings. The molecule has 0 aromatic carbocycles. The molecule has 0 radical (unpaired) electrons. The molecule has 1 aliphatic carbocycles. The lowest BCUT2D eigenvalue weighted by molar-refractivity contribution is 0.320. The first-order chi connectivity index (χ1) is 8.84. The van der Waals surface area contributed by atoms with Gasteiger partial charge in [0.2, 0.25) is 0 Å². The molecule has 2 N–H and O–H groups in total. The summed E-state index contributed by atoms with van der Waals surface area (Å²) in [5, 5.41) is 12.1. The van der Waals surface area contributed by atoms with Crippen molar-refractivity contribution in [1.29, 1.82) is 0 Å². The minimum Gasteiger partial charge on any atom is -0.314 e. The Kier molecular flexibility index (Phi) is 4.02. The van der Waals surface area contributed by atoms with Crippen molar-refractivity contribution < 1.29 is 0 Å². The van der Waals surface area contributed by atoms with Crippen LogP contribution in [0.15, 0.2) is 10.8 Å². The van der Waals surface area contributed by atoms with Gasteiger partial charge < -0.3 is 10.6 Å². The molecule has 18 heavy (non-hydrogen) atoms. The van der Waals surface area contributed by atoms with Crippen molar-refractivity contribution in [3.63, 3.8) is 0 Å². The van der Waals surface area contributed by atoms with Crippen LogP contribution in [0.25, 0.3) is 0 Å². The Hall–Kier alpha value is -0.380. The third kappa shape index (κ3) is 2.63. The van der Waals surface area contributed by atoms with Crippen molar-refractivity contribution in [1.82, 2.24) is 10.6 Å². The van der Waals surface area contributed by atoms with Crippen LogP contribution in [-0.4, -0.2) is 18.6 Å². The second-order valence-corrected chi connectivity index (χ2v) is 6.61. The Bertz CT molecular complexity index is 382. The first-order valence-corrected chi connectivity index (χ1v) is 8.27. The normalized spacial score (nSPS) is 32.2. The highest BCUT2D eigenvalue weighted by molar-refractivity contribution is 7.08. The van der Waals surface area contributed by atoms with E-state index < -0.39 is 0 Å². The van der Waals surface area contributed by atoms with Crippen LogP contribution >= 0.6 is 11.3 Å². The first kappa shape index (κ1) is 12.6. The fourth-order valence-corrected chi connectivity index (χ4v) is 4.47. The summed E-state index contributed by atoms with van der Waals surface area (Å²) < 4.78 is 0. The molecule has 100 valence electrons. The summed E-state index contributed by atoms with van der Waals surface area (Å²) in [6.45, 7) is 4.51. The van der Waals surface area contributed by atoms with E-state index in [1.807, 2.05) is 11.3 Å². The highest BCUT2D eigenvalue weighted by atomic mass is 32.1. The number of nitrogens with one attached hydrogen (secondary N) is 2. The summed E-state index contributed by atoms with van der Waals surface area (Å²) in [4.78, 5) is 0. The molecule has 1 saturated heterocycles. The molecule has 0 spiro atoms. The van der Waals surface area contributed by atoms with Gasteiger partial charge in [-0.25, -0.2) is 0 Å². The van der Waals surface area contributed by atoms with Gasteiger partial charge in [0.1, 0.15) is 0 Å². The topological polar surface area (TPSA) is 24.1 Å². The van der Waals surface area contributed by atoms with Gasteiger partial charge >= 0.3 is 0 Å². The molecule has 0 bridgehead atoms. The predicted molar refractivity (Wildman–Crippen MR) is 78.0 cm³/mol. The van der Waals surface area contributed by atoms with E-state index in [1.165, 1.54) is 49.8 Å². The Morgan fingerprint density at radius 2 is 2.22 bits per heavy atom. The van der Waals surface area contributed by atoms with Gasteiger partial charge in [-0.1, -0.05) is 6.42 Å². The molecule has 0 amide bonds. The highest BCUT2D eigenvalue weighted by Gasteiger charge is 2.34. The fourth-order valence-electron chi connectivity index (χ4n) is 3.61. The van der Waals surface area contributed by atoms with Crippen molar-refractivity contribution >= 4 is 11.3 Å². The lowest BCUT2D eigenvalue weighted by Crippen LogP contribution is -2.41. The van der Waals surface area contributed by atoms with Gasteiger partial charge in [0.15, 0.2) is 0 Å². The van der Waals surface area contributed by atoms with Crippen LogP contribution in [0.3, 0.4) is 0 Å². The molecule has 1 aromatic rings. The Morgan fingerprint density at radius 1 is 1.28 bits per heavy atom. The zero-order valence-corrected chi connectivity index (χ0v) is 12.1. The quantitative estimate of drug-likeness (QED) is 0.873. The molecule has 3 unspecified atom stereocenters. The average molecular weight is 264 g/mol. The summed E-state index contributed by atoms with van der Waals surface area (Å²) in [7, 11) is 0. The van der Waals surface area contributed by atoms with Crippen LogP contribution in [-0.2, 0) is 6.54 Å². The molecule has 3 rings (SSSR count). The van der Waals surface area contributed by atoms with Crippen LogP contribution in [0.5, 0.6) is 0 Å². The second-order valence-electron chi connectivity index (χ2n) is 5.87. The van der Waals surface area contributed by atoms with E-state index in [-0.39, 0.29) is 0 Å². The van der Waals surface area contributed by atoms with E-state index in [2.05, 4.69) is 28.3 Å². The lowest BCUT2D eigenvalue weighted by atomic mass is 9.93. The SMILES string of the molecule is Cc1cscc1CNC1CCCC1C1CCCN1. The van der Waals surface area contributed by atoms with Gasteiger partial charge in [0.05, 0.1) is 0 Å². The van der Waals surface area contributed by atoms with E-state index in [9.17, 15) is 0 Å². The fraction of sp³-hybridized carbons (Fsp3) is 0.733. The molecule has 2 nitrogen and oxygen atoms in total. The third-order valence-electron chi connectivity index (χ3n) is 4.70. The summed E-state index contributed by atoms with van der Waals surface area (Å²) in [6, 6.07) is 1.52. The first-order valence-electron chi connectivity index (χ1n) is 7.33. The van der Waals surface area contributed by atoms with Crippen molar-refractivity contribution in [3.05, 3.63) is 21.9 Å². The Balaban J connectivity index is 1.56. The maximum absolute atomic E-state index is 3.82. The molecule has 2 fully saturated rings. The van der Waals surface area contributed by atoms with Gasteiger partial charge in [-0.05, 0) is 67.0 Å². The van der Waals surface area contributed by atoms with Crippen LogP contribution in [0.4, 0.5) is 0 Å². The van der Waals surface area contributed by atoms with E-state index in [1.54, 1.807) is 0 Å². The molecule has 1 aromatic heterocycles. The number of hydrogen-bond donors (Lipinski definition) is 2. The molecule has 3 heteroatoms. The summed E-state index contributed by atoms with van der Waals surface area (Å²) >= 11 is 1.82. The Labute approximate surface area is 114 Å². The smallest absolute Gasteiger partial charge is 0.0219 e. The predicted octanol–water partition coefficient (Wildman–Crippen LogP) is 3.07. The van der Waals surface area contributed by atoms with Gasteiger partial charge in [-0.2, -0.15) is 11.3 Å². The van der Waals surface area contributed by atoms with Crippen molar-refractivity contribution in [2.45, 2.75) is 57.7 Å². The second kappa shape index (κ2) is 5.72. The van der Waals surface area contributed by atoms with Crippen LogP contribution < -0.4 is 10.6 Å². The highest BCUT2D eigenvalue weighted by Crippen LogP contribution is 2.32. The molecule has 3 atom stereocenters. The maximum atomic E-state index is 3.82. The van der Waals surface area contributed by atoms with Crippen LogP contribution in [0, 0.1) is 12.8 Å². The number of hydrogen-bond acceptors (Lipinski definition) is 3. The third-order valence-corrected chi connectivity index (χ3v) is 5.61. The van der Waals surface area contributed by atoms with Gasteiger partial charge in [0, 0.05) is 18.6 Å². The van der Waals surface area contributed by atoms with E-state index in [0.29, 0.717) is 0 Å². The molecule has 1 saturated carbocycles. The van der Waals surface area contributed by atoms with Crippen molar-refractivity contribution in [3.8, 4) is 0 Å². The monoisotopic (exact) mass is 264 g/mol. The van der Waals surface area contributed by atoms with Crippen LogP contribution in [0.2, 0.25) is 0 Å². The van der Waals surface area contributed by atoms with Crippen LogP contribution in [0.1, 0.15) is 43.2 Å². The van der Waals surface area contributed by atoms with Gasteiger partial charge in [0.25, 0.3) is 0 Å². The van der Waals surface area contributed by atoms with E-state index in [0.717, 1.165) is 24.5 Å². The maximum Gasteiger partial charge on any atom is 0.0219 e. The molecular formula is C15H24N2S. The molecule has 2 heterocycles. The minimum absolute atomic E-state index is 0.736. The summed E-state index contributed by atoms with van der Waals surface area (Å²) in [5.41, 5.74) is 2.94. The number of rotatable bonds is 4. The zero-order chi connectivity index (χ0) is 12.4. The number of thiophene rings is 1. The summed E-state index contributed by atoms with van der Waals surface area (Å²) in [5.74, 6) is 0.867. The Morgan fingerprint density at radius 3 is 2.94 bits per heavy atom. The minimum atomic E-state index is 0.736. The lowest BCUT2D eigenvalue weighted by Gasteiger charge is -2.26.